The molecule has 1 fully saturated rings. The van der Waals surface area contributed by atoms with E-state index in [1.54, 1.807) is 30.7 Å². The first-order valence-electron chi connectivity index (χ1n) is 11.9. The number of rotatable bonds is 8. The SMILES string of the molecule is CN(C)CCOc1ccc(F)c(-c2nccc3cnc(Nc4ccc(N5CCNCC5)nc4)nc23)c1. The Morgan fingerprint density at radius 3 is 2.69 bits per heavy atom. The lowest BCUT2D eigenvalue weighted by Gasteiger charge is -2.28. The third-order valence-corrected chi connectivity index (χ3v) is 5.94. The largest absolute Gasteiger partial charge is 0.492 e. The van der Waals surface area contributed by atoms with Gasteiger partial charge in [-0.15, -0.1) is 0 Å². The van der Waals surface area contributed by atoms with Crippen LogP contribution in [0.15, 0.2) is 55.0 Å². The van der Waals surface area contributed by atoms with Crippen molar-refractivity contribution in [2.45, 2.75) is 0 Å². The molecule has 36 heavy (non-hydrogen) atoms. The molecule has 0 spiro atoms. The molecule has 0 bridgehead atoms. The van der Waals surface area contributed by atoms with Crippen LogP contribution in [0, 0.1) is 5.82 Å². The maximum absolute atomic E-state index is 14.9. The van der Waals surface area contributed by atoms with Crippen molar-refractivity contribution in [2.75, 3.05) is 63.6 Å². The Kier molecular flexibility index (Phi) is 7.15. The Morgan fingerprint density at radius 1 is 1.06 bits per heavy atom. The van der Waals surface area contributed by atoms with E-state index in [0.717, 1.165) is 49.6 Å². The quantitative estimate of drug-likeness (QED) is 0.388. The van der Waals surface area contributed by atoms with Crippen molar-refractivity contribution in [3.05, 3.63) is 60.8 Å². The molecule has 4 heterocycles. The van der Waals surface area contributed by atoms with Gasteiger partial charge in [0.2, 0.25) is 5.95 Å². The molecule has 5 rings (SSSR count). The number of hydrogen-bond donors (Lipinski definition) is 2. The van der Waals surface area contributed by atoms with E-state index in [0.29, 0.717) is 35.1 Å². The molecule has 1 aliphatic heterocycles. The number of halogens is 1. The Balaban J connectivity index is 1.40. The average molecular weight is 489 g/mol. The van der Waals surface area contributed by atoms with E-state index in [1.807, 2.05) is 37.2 Å². The van der Waals surface area contributed by atoms with Crippen molar-refractivity contribution >= 4 is 28.4 Å². The van der Waals surface area contributed by atoms with Gasteiger partial charge in [0.25, 0.3) is 0 Å². The van der Waals surface area contributed by atoms with E-state index >= 15 is 0 Å². The molecule has 0 aliphatic carbocycles. The van der Waals surface area contributed by atoms with E-state index in [1.165, 1.54) is 6.07 Å². The lowest BCUT2D eigenvalue weighted by molar-refractivity contribution is 0.261. The molecule has 3 aromatic heterocycles. The summed E-state index contributed by atoms with van der Waals surface area (Å²) >= 11 is 0. The third-order valence-electron chi connectivity index (χ3n) is 5.94. The van der Waals surface area contributed by atoms with Crippen LogP contribution in [0.3, 0.4) is 0 Å². The van der Waals surface area contributed by atoms with Crippen LogP contribution in [-0.2, 0) is 0 Å². The van der Waals surface area contributed by atoms with Gasteiger partial charge in [0.05, 0.1) is 17.6 Å². The van der Waals surface area contributed by atoms with E-state index < -0.39 is 5.82 Å². The molecule has 9 nitrogen and oxygen atoms in total. The zero-order valence-corrected chi connectivity index (χ0v) is 20.4. The number of anilines is 3. The summed E-state index contributed by atoms with van der Waals surface area (Å²) in [4.78, 5) is 22.4. The number of nitrogens with zero attached hydrogens (tertiary/aromatic N) is 6. The molecular formula is C26H29FN8O. The first-order chi connectivity index (χ1) is 17.6. The normalized spacial score (nSPS) is 13.8. The number of aromatic nitrogens is 4. The summed E-state index contributed by atoms with van der Waals surface area (Å²) in [5.41, 5.74) is 2.07. The number of nitrogens with one attached hydrogen (secondary N) is 2. The number of hydrogen-bond acceptors (Lipinski definition) is 9. The van der Waals surface area contributed by atoms with Crippen molar-refractivity contribution in [1.29, 1.82) is 0 Å². The van der Waals surface area contributed by atoms with Crippen molar-refractivity contribution < 1.29 is 9.13 Å². The molecule has 10 heteroatoms. The highest BCUT2D eigenvalue weighted by Crippen LogP contribution is 2.31. The highest BCUT2D eigenvalue weighted by Gasteiger charge is 2.15. The van der Waals surface area contributed by atoms with Crippen LogP contribution >= 0.6 is 0 Å². The van der Waals surface area contributed by atoms with Crippen LogP contribution in [0.25, 0.3) is 22.2 Å². The van der Waals surface area contributed by atoms with Crippen molar-refractivity contribution in [3.8, 4) is 17.0 Å². The molecule has 0 unspecified atom stereocenters. The van der Waals surface area contributed by atoms with Gasteiger partial charge in [0, 0.05) is 56.1 Å². The fourth-order valence-corrected chi connectivity index (χ4v) is 4.01. The van der Waals surface area contributed by atoms with Crippen LogP contribution < -0.4 is 20.3 Å². The van der Waals surface area contributed by atoms with Crippen molar-refractivity contribution in [3.63, 3.8) is 0 Å². The second-order valence-electron chi connectivity index (χ2n) is 8.85. The molecule has 1 aliphatic rings. The lowest BCUT2D eigenvalue weighted by Crippen LogP contribution is -2.43. The van der Waals surface area contributed by atoms with Crippen LogP contribution in [0.5, 0.6) is 5.75 Å². The molecule has 4 aromatic rings. The molecule has 2 N–H and O–H groups in total. The molecule has 1 saturated heterocycles. The van der Waals surface area contributed by atoms with Gasteiger partial charge >= 0.3 is 0 Å². The van der Waals surface area contributed by atoms with Gasteiger partial charge in [-0.2, -0.15) is 0 Å². The average Bonchev–Trinajstić information content (AvgIpc) is 2.90. The zero-order valence-electron chi connectivity index (χ0n) is 20.4. The number of likely N-dealkylation sites (N-methyl/N-ethyl adjacent to an activating group) is 1. The van der Waals surface area contributed by atoms with Crippen LogP contribution in [0.4, 0.5) is 21.8 Å². The number of ether oxygens (including phenoxy) is 1. The van der Waals surface area contributed by atoms with E-state index in [9.17, 15) is 4.39 Å². The van der Waals surface area contributed by atoms with Crippen LogP contribution in [0.1, 0.15) is 0 Å². The van der Waals surface area contributed by atoms with Gasteiger partial charge in [-0.05, 0) is 50.5 Å². The van der Waals surface area contributed by atoms with Gasteiger partial charge in [0.1, 0.15) is 29.5 Å². The Labute approximate surface area is 209 Å². The molecule has 0 amide bonds. The van der Waals surface area contributed by atoms with E-state index in [2.05, 4.69) is 35.5 Å². The zero-order chi connectivity index (χ0) is 24.9. The minimum atomic E-state index is -0.393. The second kappa shape index (κ2) is 10.8. The van der Waals surface area contributed by atoms with Crippen molar-refractivity contribution in [2.24, 2.45) is 0 Å². The van der Waals surface area contributed by atoms with Gasteiger partial charge in [-0.1, -0.05) is 0 Å². The fraction of sp³-hybridized carbons (Fsp3) is 0.308. The fourth-order valence-electron chi connectivity index (χ4n) is 4.01. The predicted molar refractivity (Wildman–Crippen MR) is 139 cm³/mol. The Bertz CT molecular complexity index is 1330. The monoisotopic (exact) mass is 488 g/mol. The van der Waals surface area contributed by atoms with Gasteiger partial charge < -0.3 is 25.2 Å². The van der Waals surface area contributed by atoms with E-state index in [4.69, 9.17) is 4.74 Å². The summed E-state index contributed by atoms with van der Waals surface area (Å²) in [6.07, 6.45) is 5.10. The highest BCUT2D eigenvalue weighted by atomic mass is 19.1. The summed E-state index contributed by atoms with van der Waals surface area (Å²) in [6.45, 7) is 5.03. The predicted octanol–water partition coefficient (Wildman–Crippen LogP) is 3.32. The van der Waals surface area contributed by atoms with Crippen molar-refractivity contribution in [1.82, 2.24) is 30.2 Å². The first-order valence-corrected chi connectivity index (χ1v) is 11.9. The molecular weight excluding hydrogens is 459 g/mol. The van der Waals surface area contributed by atoms with Crippen LogP contribution in [0.2, 0.25) is 0 Å². The number of fused-ring (bicyclic) bond motifs is 1. The maximum atomic E-state index is 14.9. The molecule has 1 aromatic carbocycles. The summed E-state index contributed by atoms with van der Waals surface area (Å²) in [6, 6.07) is 10.4. The first kappa shape index (κ1) is 23.8. The summed E-state index contributed by atoms with van der Waals surface area (Å²) in [5.74, 6) is 1.51. The standard InChI is InChI=1S/C26H29FN8O/c1-34(2)13-14-36-20-4-5-22(27)21(15-20)25-24-18(7-8-29-25)16-31-26(33-24)32-19-3-6-23(30-17-19)35-11-9-28-10-12-35/h3-8,15-17,28H,9-14H2,1-2H3,(H,31,32,33). The smallest absolute Gasteiger partial charge is 0.227 e. The van der Waals surface area contributed by atoms with Crippen LogP contribution in [-0.4, -0.2) is 78.3 Å². The minimum absolute atomic E-state index is 0.328. The highest BCUT2D eigenvalue weighted by molar-refractivity contribution is 5.91. The molecule has 0 atom stereocenters. The molecule has 0 radical (unpaired) electrons. The minimum Gasteiger partial charge on any atom is -0.492 e. The molecule has 186 valence electrons. The topological polar surface area (TPSA) is 91.3 Å². The Hall–Kier alpha value is -3.89. The maximum Gasteiger partial charge on any atom is 0.227 e. The third kappa shape index (κ3) is 5.50. The Morgan fingerprint density at radius 2 is 1.92 bits per heavy atom. The van der Waals surface area contributed by atoms with E-state index in [-0.39, 0.29) is 0 Å². The lowest BCUT2D eigenvalue weighted by atomic mass is 10.1. The van der Waals surface area contributed by atoms with Gasteiger partial charge in [-0.3, -0.25) is 4.98 Å². The second-order valence-corrected chi connectivity index (χ2v) is 8.85. The summed E-state index contributed by atoms with van der Waals surface area (Å²) in [5, 5.41) is 7.31. The number of pyridine rings is 2. The van der Waals surface area contributed by atoms with Gasteiger partial charge in [0.15, 0.2) is 0 Å². The number of piperazine rings is 1. The molecule has 0 saturated carbocycles. The van der Waals surface area contributed by atoms with Gasteiger partial charge in [-0.25, -0.2) is 19.3 Å². The summed E-state index contributed by atoms with van der Waals surface area (Å²) < 4.78 is 20.7. The summed E-state index contributed by atoms with van der Waals surface area (Å²) in [7, 11) is 3.95. The number of benzene rings is 1.